The van der Waals surface area contributed by atoms with Gasteiger partial charge in [-0.1, -0.05) is 39.3 Å². The topological polar surface area (TPSA) is 74.6 Å². The third-order valence-electron chi connectivity index (χ3n) is 4.95. The van der Waals surface area contributed by atoms with Crippen molar-refractivity contribution in [1.29, 1.82) is 0 Å². The van der Waals surface area contributed by atoms with Crippen LogP contribution in [0, 0.1) is 0 Å². The molecular formula is C23H36N6O. The second-order valence-corrected chi connectivity index (χ2v) is 7.93. The minimum absolute atomic E-state index is 0.0177. The molecule has 0 atom stereocenters. The van der Waals surface area contributed by atoms with Crippen LogP contribution >= 0.6 is 0 Å². The SMILES string of the molecule is CCCCNC(=O)c1ccc(CNC(=NC)N(C)Cc2cn(C)nc2C(C)C)cc1. The van der Waals surface area contributed by atoms with Crippen LogP contribution in [0.2, 0.25) is 0 Å². The maximum absolute atomic E-state index is 12.1. The summed E-state index contributed by atoms with van der Waals surface area (Å²) >= 11 is 0. The molecule has 2 aromatic rings. The van der Waals surface area contributed by atoms with E-state index in [9.17, 15) is 4.79 Å². The largest absolute Gasteiger partial charge is 0.352 e. The van der Waals surface area contributed by atoms with E-state index in [-0.39, 0.29) is 5.91 Å². The van der Waals surface area contributed by atoms with E-state index in [4.69, 9.17) is 0 Å². The zero-order chi connectivity index (χ0) is 22.1. The van der Waals surface area contributed by atoms with E-state index < -0.39 is 0 Å². The van der Waals surface area contributed by atoms with Crippen LogP contribution in [0.5, 0.6) is 0 Å². The standard InChI is InChI=1S/C23H36N6O/c1-7-8-13-25-22(30)19-11-9-18(10-12-19)14-26-23(24-4)28(5)15-20-16-29(6)27-21(20)17(2)3/h9-12,16-17H,7-8,13-15H2,1-6H3,(H,24,26)(H,25,30). The van der Waals surface area contributed by atoms with Crippen molar-refractivity contribution < 1.29 is 4.79 Å². The van der Waals surface area contributed by atoms with E-state index in [0.29, 0.717) is 18.0 Å². The Morgan fingerprint density at radius 3 is 2.53 bits per heavy atom. The summed E-state index contributed by atoms with van der Waals surface area (Å²) in [6.45, 7) is 8.52. The van der Waals surface area contributed by atoms with Gasteiger partial charge in [-0.3, -0.25) is 14.5 Å². The van der Waals surface area contributed by atoms with Gasteiger partial charge in [-0.15, -0.1) is 0 Å². The van der Waals surface area contributed by atoms with Crippen LogP contribution in [-0.2, 0) is 20.1 Å². The zero-order valence-corrected chi connectivity index (χ0v) is 19.2. The number of rotatable bonds is 9. The highest BCUT2D eigenvalue weighted by atomic mass is 16.1. The number of aryl methyl sites for hydroxylation is 1. The number of carbonyl (C=O) groups is 1. The van der Waals surface area contributed by atoms with E-state index in [1.807, 2.05) is 43.0 Å². The predicted molar refractivity (Wildman–Crippen MR) is 123 cm³/mol. The number of hydrogen-bond acceptors (Lipinski definition) is 3. The smallest absolute Gasteiger partial charge is 0.251 e. The van der Waals surface area contributed by atoms with Crippen molar-refractivity contribution in [1.82, 2.24) is 25.3 Å². The van der Waals surface area contributed by atoms with Gasteiger partial charge in [-0.25, -0.2) is 0 Å². The van der Waals surface area contributed by atoms with Crippen LogP contribution < -0.4 is 10.6 Å². The number of nitrogens with zero attached hydrogens (tertiary/aromatic N) is 4. The first-order valence-corrected chi connectivity index (χ1v) is 10.7. The molecule has 30 heavy (non-hydrogen) atoms. The summed E-state index contributed by atoms with van der Waals surface area (Å²) in [5.74, 6) is 1.17. The molecule has 0 spiro atoms. The molecule has 0 aliphatic rings. The number of guanidine groups is 1. The van der Waals surface area contributed by atoms with Crippen LogP contribution in [0.15, 0.2) is 35.5 Å². The number of hydrogen-bond donors (Lipinski definition) is 2. The lowest BCUT2D eigenvalue weighted by Gasteiger charge is -2.22. The van der Waals surface area contributed by atoms with Gasteiger partial charge in [0.25, 0.3) is 5.91 Å². The van der Waals surface area contributed by atoms with Crippen LogP contribution in [0.4, 0.5) is 0 Å². The molecule has 2 rings (SSSR count). The summed E-state index contributed by atoms with van der Waals surface area (Å²) in [4.78, 5) is 18.6. The van der Waals surface area contributed by atoms with Crippen LogP contribution in [-0.4, -0.2) is 47.2 Å². The molecule has 0 radical (unpaired) electrons. The van der Waals surface area contributed by atoms with E-state index in [2.05, 4.69) is 52.6 Å². The first kappa shape index (κ1) is 23.4. The second-order valence-electron chi connectivity index (χ2n) is 7.93. The van der Waals surface area contributed by atoms with Gasteiger partial charge in [-0.05, 0) is 30.0 Å². The number of nitrogens with one attached hydrogen (secondary N) is 2. The number of benzene rings is 1. The molecule has 0 unspecified atom stereocenters. The van der Waals surface area contributed by atoms with Crippen molar-refractivity contribution >= 4 is 11.9 Å². The summed E-state index contributed by atoms with van der Waals surface area (Å²) in [6, 6.07) is 7.70. The molecule has 0 saturated carbocycles. The lowest BCUT2D eigenvalue weighted by Crippen LogP contribution is -2.38. The summed E-state index contributed by atoms with van der Waals surface area (Å²) in [7, 11) is 5.77. The minimum Gasteiger partial charge on any atom is -0.352 e. The Hall–Kier alpha value is -2.83. The lowest BCUT2D eigenvalue weighted by atomic mass is 10.1. The number of unbranched alkanes of at least 4 members (excludes halogenated alkanes) is 1. The molecule has 164 valence electrons. The van der Waals surface area contributed by atoms with Crippen LogP contribution in [0.25, 0.3) is 0 Å². The number of carbonyl (C=O) groups excluding carboxylic acids is 1. The van der Waals surface area contributed by atoms with Gasteiger partial charge >= 0.3 is 0 Å². The van der Waals surface area contributed by atoms with Crippen molar-refractivity contribution in [3.63, 3.8) is 0 Å². The Kier molecular flexibility index (Phi) is 8.89. The van der Waals surface area contributed by atoms with E-state index in [0.717, 1.165) is 43.1 Å². The van der Waals surface area contributed by atoms with E-state index >= 15 is 0 Å². The van der Waals surface area contributed by atoms with Crippen LogP contribution in [0.3, 0.4) is 0 Å². The third-order valence-corrected chi connectivity index (χ3v) is 4.95. The third kappa shape index (κ3) is 6.61. The van der Waals surface area contributed by atoms with Gasteiger partial charge in [0.2, 0.25) is 0 Å². The molecule has 1 heterocycles. The minimum atomic E-state index is -0.0177. The van der Waals surface area contributed by atoms with Crippen molar-refractivity contribution in [2.24, 2.45) is 12.0 Å². The summed E-state index contributed by atoms with van der Waals surface area (Å²) in [5, 5.41) is 10.9. The number of amides is 1. The Labute approximate surface area is 180 Å². The molecule has 0 aliphatic carbocycles. The highest BCUT2D eigenvalue weighted by molar-refractivity contribution is 5.94. The van der Waals surface area contributed by atoms with Crippen molar-refractivity contribution in [3.05, 3.63) is 52.8 Å². The van der Waals surface area contributed by atoms with Crippen molar-refractivity contribution in [3.8, 4) is 0 Å². The first-order chi connectivity index (χ1) is 14.3. The molecule has 0 aliphatic heterocycles. The molecule has 0 saturated heterocycles. The Morgan fingerprint density at radius 2 is 1.93 bits per heavy atom. The first-order valence-electron chi connectivity index (χ1n) is 10.7. The summed E-state index contributed by atoms with van der Waals surface area (Å²) in [5.41, 5.74) is 4.11. The van der Waals surface area contributed by atoms with Crippen molar-refractivity contribution in [2.75, 3.05) is 20.6 Å². The average Bonchev–Trinajstić information content (AvgIpc) is 3.09. The van der Waals surface area contributed by atoms with Gasteiger partial charge < -0.3 is 15.5 Å². The number of aromatic nitrogens is 2. The fraction of sp³-hybridized carbons (Fsp3) is 0.522. The molecule has 2 N–H and O–H groups in total. The molecule has 1 aromatic carbocycles. The maximum Gasteiger partial charge on any atom is 0.251 e. The summed E-state index contributed by atoms with van der Waals surface area (Å²) in [6.07, 6.45) is 4.14. The van der Waals surface area contributed by atoms with Gasteiger partial charge in [-0.2, -0.15) is 5.10 Å². The Bertz CT molecular complexity index is 838. The highest BCUT2D eigenvalue weighted by Crippen LogP contribution is 2.18. The quantitative estimate of drug-likeness (QED) is 0.377. The Morgan fingerprint density at radius 1 is 1.23 bits per heavy atom. The van der Waals surface area contributed by atoms with E-state index in [1.54, 1.807) is 7.05 Å². The van der Waals surface area contributed by atoms with Gasteiger partial charge in [0.05, 0.1) is 5.69 Å². The molecule has 7 heteroatoms. The van der Waals surface area contributed by atoms with Gasteiger partial charge in [0.15, 0.2) is 5.96 Å². The normalized spacial score (nSPS) is 11.6. The average molecular weight is 413 g/mol. The fourth-order valence-electron chi connectivity index (χ4n) is 3.31. The molecule has 1 aromatic heterocycles. The molecule has 7 nitrogen and oxygen atoms in total. The molecule has 1 amide bonds. The van der Waals surface area contributed by atoms with Crippen LogP contribution in [0.1, 0.15) is 66.7 Å². The van der Waals surface area contributed by atoms with Crippen molar-refractivity contribution in [2.45, 2.75) is 52.6 Å². The predicted octanol–water partition coefficient (Wildman–Crippen LogP) is 3.28. The highest BCUT2D eigenvalue weighted by Gasteiger charge is 2.15. The lowest BCUT2D eigenvalue weighted by molar-refractivity contribution is 0.0953. The second kappa shape index (κ2) is 11.4. The monoisotopic (exact) mass is 412 g/mol. The summed E-state index contributed by atoms with van der Waals surface area (Å²) < 4.78 is 1.87. The van der Waals surface area contributed by atoms with Gasteiger partial charge in [0.1, 0.15) is 0 Å². The Balaban J connectivity index is 1.93. The molecular weight excluding hydrogens is 376 g/mol. The maximum atomic E-state index is 12.1. The molecule has 0 fully saturated rings. The van der Waals surface area contributed by atoms with E-state index in [1.165, 1.54) is 5.56 Å². The van der Waals surface area contributed by atoms with Gasteiger partial charge in [0, 0.05) is 58.1 Å². The number of aliphatic imine (C=N–C) groups is 1. The molecule has 0 bridgehead atoms. The zero-order valence-electron chi connectivity index (χ0n) is 19.2. The fourth-order valence-corrected chi connectivity index (χ4v) is 3.31.